The summed E-state index contributed by atoms with van der Waals surface area (Å²) in [5, 5.41) is 9.53. The molecule has 1 saturated heterocycles. The van der Waals surface area contributed by atoms with Crippen LogP contribution in [0.3, 0.4) is 0 Å². The fraction of sp³-hybridized carbons (Fsp3) is 0.370. The Morgan fingerprint density at radius 2 is 1.75 bits per heavy atom. The van der Waals surface area contributed by atoms with Gasteiger partial charge in [0.2, 0.25) is 11.9 Å². The van der Waals surface area contributed by atoms with E-state index in [1.165, 1.54) is 42.9 Å². The molecular formula is C27H31FN8. The number of nitrogens with one attached hydrogen (secondary N) is 1. The van der Waals surface area contributed by atoms with Crippen molar-refractivity contribution >= 4 is 34.0 Å². The predicted octanol–water partition coefficient (Wildman–Crippen LogP) is 4.74. The Bertz CT molecular complexity index is 1350. The summed E-state index contributed by atoms with van der Waals surface area (Å²) in [6.07, 6.45) is 8.37. The molecule has 0 amide bonds. The van der Waals surface area contributed by atoms with Crippen LogP contribution >= 0.6 is 0 Å². The molecule has 3 heterocycles. The fourth-order valence-corrected chi connectivity index (χ4v) is 5.55. The Balaban J connectivity index is 1.15. The Labute approximate surface area is 209 Å². The number of nitrogens with two attached hydrogens (primary N) is 1. The lowest BCUT2D eigenvalue weighted by Gasteiger charge is -2.41. The number of piperazine rings is 1. The lowest BCUT2D eigenvalue weighted by molar-refractivity contribution is 0.147. The molecule has 186 valence electrons. The van der Waals surface area contributed by atoms with Crippen molar-refractivity contribution in [1.82, 2.24) is 24.6 Å². The highest BCUT2D eigenvalue weighted by molar-refractivity contribution is 5.88. The van der Waals surface area contributed by atoms with Crippen LogP contribution in [0.5, 0.6) is 0 Å². The highest BCUT2D eigenvalue weighted by atomic mass is 19.1. The van der Waals surface area contributed by atoms with Crippen molar-refractivity contribution in [1.29, 1.82) is 0 Å². The second kappa shape index (κ2) is 9.73. The van der Waals surface area contributed by atoms with Gasteiger partial charge in [-0.1, -0.05) is 43.5 Å². The van der Waals surface area contributed by atoms with Crippen LogP contribution in [0, 0.1) is 5.82 Å². The van der Waals surface area contributed by atoms with Crippen molar-refractivity contribution in [2.24, 2.45) is 0 Å². The molecule has 0 radical (unpaired) electrons. The normalized spacial score (nSPS) is 17.5. The third kappa shape index (κ3) is 4.46. The molecule has 2 fully saturated rings. The van der Waals surface area contributed by atoms with E-state index in [-0.39, 0.29) is 17.7 Å². The number of halogens is 1. The Kier molecular flexibility index (Phi) is 6.14. The highest BCUT2D eigenvalue weighted by Crippen LogP contribution is 2.29. The summed E-state index contributed by atoms with van der Waals surface area (Å²) in [5.41, 5.74) is 7.37. The van der Waals surface area contributed by atoms with E-state index in [0.717, 1.165) is 37.0 Å². The standard InChI is InChI=1S/C27H31FN8/c28-23-18-20(10-11-24(23)35-16-14-34(15-17-35)21-7-2-1-3-8-21)31-27-32-26(29)36(33-27)25-22-9-5-4-6-19(22)12-13-30-25/h4-6,9-13,18,21H,1-3,7-8,14-17H2,(H3,29,31,32,33). The molecule has 0 atom stereocenters. The number of hydrogen-bond donors (Lipinski definition) is 2. The number of anilines is 4. The molecule has 2 aromatic carbocycles. The molecule has 4 aromatic rings. The van der Waals surface area contributed by atoms with Crippen molar-refractivity contribution in [2.75, 3.05) is 42.1 Å². The van der Waals surface area contributed by atoms with Crippen molar-refractivity contribution < 1.29 is 4.39 Å². The number of nitrogens with zero attached hydrogens (tertiary/aromatic N) is 6. The molecule has 1 aliphatic heterocycles. The van der Waals surface area contributed by atoms with Gasteiger partial charge < -0.3 is 16.0 Å². The number of nitrogen functional groups attached to an aromatic ring is 1. The molecule has 36 heavy (non-hydrogen) atoms. The van der Waals surface area contributed by atoms with Crippen molar-refractivity contribution in [3.63, 3.8) is 0 Å². The average Bonchev–Trinajstić information content (AvgIpc) is 3.28. The second-order valence-electron chi connectivity index (χ2n) is 9.67. The predicted molar refractivity (Wildman–Crippen MR) is 141 cm³/mol. The third-order valence-electron chi connectivity index (χ3n) is 7.44. The fourth-order valence-electron chi connectivity index (χ4n) is 5.55. The molecule has 1 saturated carbocycles. The molecule has 2 aliphatic rings. The minimum Gasteiger partial charge on any atom is -0.368 e. The lowest BCUT2D eigenvalue weighted by atomic mass is 9.94. The van der Waals surface area contributed by atoms with E-state index in [1.807, 2.05) is 42.5 Å². The van der Waals surface area contributed by atoms with Crippen LogP contribution in [0.4, 0.5) is 27.7 Å². The Hall–Kier alpha value is -3.72. The SMILES string of the molecule is Nc1nc(Nc2ccc(N3CCN(C4CCCCC4)CC3)c(F)c2)nn1-c1nccc2ccccc12. The summed E-state index contributed by atoms with van der Waals surface area (Å²) < 4.78 is 16.6. The molecule has 6 rings (SSSR count). The van der Waals surface area contributed by atoms with Crippen LogP contribution in [-0.2, 0) is 0 Å². The largest absolute Gasteiger partial charge is 0.368 e. The zero-order chi connectivity index (χ0) is 24.5. The van der Waals surface area contributed by atoms with Crippen LogP contribution < -0.4 is 16.0 Å². The van der Waals surface area contributed by atoms with Crippen LogP contribution in [0.2, 0.25) is 0 Å². The molecule has 0 unspecified atom stereocenters. The summed E-state index contributed by atoms with van der Waals surface area (Å²) in [6.45, 7) is 3.68. The first-order chi connectivity index (χ1) is 17.7. The van der Waals surface area contributed by atoms with Gasteiger partial charge in [-0.05, 0) is 42.5 Å². The zero-order valence-electron chi connectivity index (χ0n) is 20.3. The Morgan fingerprint density at radius 3 is 2.56 bits per heavy atom. The number of aromatic nitrogens is 4. The minimum atomic E-state index is -0.255. The summed E-state index contributed by atoms with van der Waals surface area (Å²) in [4.78, 5) is 13.5. The van der Waals surface area contributed by atoms with Gasteiger partial charge in [-0.25, -0.2) is 9.37 Å². The summed E-state index contributed by atoms with van der Waals surface area (Å²) >= 11 is 0. The average molecular weight is 487 g/mol. The van der Waals surface area contributed by atoms with Crippen LogP contribution in [0.15, 0.2) is 54.7 Å². The summed E-state index contributed by atoms with van der Waals surface area (Å²) in [5.74, 6) is 0.832. The molecular weight excluding hydrogens is 455 g/mol. The van der Waals surface area contributed by atoms with E-state index >= 15 is 4.39 Å². The number of pyridine rings is 1. The van der Waals surface area contributed by atoms with Crippen molar-refractivity contribution in [2.45, 2.75) is 38.1 Å². The monoisotopic (exact) mass is 486 g/mol. The smallest absolute Gasteiger partial charge is 0.248 e. The van der Waals surface area contributed by atoms with Gasteiger partial charge in [0.25, 0.3) is 0 Å². The van der Waals surface area contributed by atoms with Gasteiger partial charge in [-0.2, -0.15) is 9.67 Å². The molecule has 1 aliphatic carbocycles. The first-order valence-electron chi connectivity index (χ1n) is 12.8. The zero-order valence-corrected chi connectivity index (χ0v) is 20.3. The molecule has 0 spiro atoms. The summed E-state index contributed by atoms with van der Waals surface area (Å²) in [6, 6.07) is 15.7. The van der Waals surface area contributed by atoms with Crippen LogP contribution in [0.25, 0.3) is 16.6 Å². The molecule has 0 bridgehead atoms. The summed E-state index contributed by atoms with van der Waals surface area (Å²) in [7, 11) is 0. The highest BCUT2D eigenvalue weighted by Gasteiger charge is 2.26. The molecule has 2 aromatic heterocycles. The first kappa shape index (κ1) is 22.7. The van der Waals surface area contributed by atoms with Gasteiger partial charge in [-0.3, -0.25) is 4.90 Å². The maximum absolute atomic E-state index is 15.1. The van der Waals surface area contributed by atoms with Gasteiger partial charge in [-0.15, -0.1) is 5.10 Å². The third-order valence-corrected chi connectivity index (χ3v) is 7.44. The van der Waals surface area contributed by atoms with E-state index in [0.29, 0.717) is 23.2 Å². The van der Waals surface area contributed by atoms with Gasteiger partial charge in [0, 0.05) is 49.5 Å². The lowest BCUT2D eigenvalue weighted by Crippen LogP contribution is -2.51. The molecule has 8 nitrogen and oxygen atoms in total. The topological polar surface area (TPSA) is 88.1 Å². The Morgan fingerprint density at radius 1 is 0.944 bits per heavy atom. The van der Waals surface area contributed by atoms with Gasteiger partial charge in [0.1, 0.15) is 5.82 Å². The number of fused-ring (bicyclic) bond motifs is 1. The van der Waals surface area contributed by atoms with Crippen LogP contribution in [-0.4, -0.2) is 56.9 Å². The second-order valence-corrected chi connectivity index (χ2v) is 9.67. The number of rotatable bonds is 5. The van der Waals surface area contributed by atoms with E-state index < -0.39 is 0 Å². The van der Waals surface area contributed by atoms with E-state index in [1.54, 1.807) is 6.20 Å². The number of benzene rings is 2. The van der Waals surface area contributed by atoms with Gasteiger partial charge in [0.15, 0.2) is 5.82 Å². The van der Waals surface area contributed by atoms with Gasteiger partial charge in [0.05, 0.1) is 5.69 Å². The molecule has 9 heteroatoms. The van der Waals surface area contributed by atoms with E-state index in [9.17, 15) is 0 Å². The van der Waals surface area contributed by atoms with E-state index in [2.05, 4.69) is 30.2 Å². The quantitative estimate of drug-likeness (QED) is 0.421. The minimum absolute atomic E-state index is 0.203. The first-order valence-corrected chi connectivity index (χ1v) is 12.8. The van der Waals surface area contributed by atoms with Crippen LogP contribution in [0.1, 0.15) is 32.1 Å². The van der Waals surface area contributed by atoms with Crippen molar-refractivity contribution in [3.05, 3.63) is 60.5 Å². The number of hydrogen-bond acceptors (Lipinski definition) is 7. The van der Waals surface area contributed by atoms with Crippen molar-refractivity contribution in [3.8, 4) is 5.82 Å². The maximum Gasteiger partial charge on any atom is 0.248 e. The maximum atomic E-state index is 15.1. The molecule has 3 N–H and O–H groups in total. The van der Waals surface area contributed by atoms with E-state index in [4.69, 9.17) is 5.73 Å². The van der Waals surface area contributed by atoms with Gasteiger partial charge >= 0.3 is 0 Å².